The zero-order valence-corrected chi connectivity index (χ0v) is 19.7. The second-order valence-corrected chi connectivity index (χ2v) is 8.64. The summed E-state index contributed by atoms with van der Waals surface area (Å²) >= 11 is 0. The first-order valence-electron chi connectivity index (χ1n) is 10.9. The maximum absolute atomic E-state index is 13.4. The lowest BCUT2D eigenvalue weighted by Crippen LogP contribution is -2.42. The summed E-state index contributed by atoms with van der Waals surface area (Å²) in [7, 11) is 6.09. The molecule has 4 heterocycles. The number of benzene rings is 1. The quantitative estimate of drug-likeness (QED) is 0.432. The number of aryl methyl sites for hydroxylation is 1. The summed E-state index contributed by atoms with van der Waals surface area (Å²) in [6.07, 6.45) is -0.864. The zero-order chi connectivity index (χ0) is 24.5. The van der Waals surface area contributed by atoms with Gasteiger partial charge in [0.1, 0.15) is 6.10 Å². The highest BCUT2D eigenvalue weighted by Crippen LogP contribution is 2.40. The molecule has 10 nitrogen and oxygen atoms in total. The molecule has 0 amide bonds. The van der Waals surface area contributed by atoms with Crippen molar-refractivity contribution in [2.75, 3.05) is 6.61 Å². The van der Waals surface area contributed by atoms with Crippen molar-refractivity contribution in [3.63, 3.8) is 0 Å². The molecule has 1 aliphatic heterocycles. The summed E-state index contributed by atoms with van der Waals surface area (Å²) in [6, 6.07) is 9.48. The predicted octanol–water partition coefficient (Wildman–Crippen LogP) is 0.531. The normalized spacial score (nSPS) is 15.6. The van der Waals surface area contributed by atoms with Crippen LogP contribution in [0.15, 0.2) is 49.5 Å². The van der Waals surface area contributed by atoms with E-state index in [1.807, 2.05) is 34.9 Å². The van der Waals surface area contributed by atoms with Crippen molar-refractivity contribution in [2.24, 2.45) is 28.2 Å². The molecule has 0 spiro atoms. The highest BCUT2D eigenvalue weighted by atomic mass is 16.5. The topological polar surface area (TPSA) is 102 Å². The number of rotatable bonds is 2. The lowest BCUT2D eigenvalue weighted by atomic mass is 10.0. The minimum absolute atomic E-state index is 0.290. The lowest BCUT2D eigenvalue weighted by molar-refractivity contribution is 0.0458. The van der Waals surface area contributed by atoms with Gasteiger partial charge in [0.2, 0.25) is 0 Å². The van der Waals surface area contributed by atoms with Crippen LogP contribution >= 0.6 is 0 Å². The second kappa shape index (κ2) is 7.56. The highest BCUT2D eigenvalue weighted by Gasteiger charge is 2.35. The molecule has 1 atom stereocenters. The molecule has 0 radical (unpaired) electrons. The van der Waals surface area contributed by atoms with Crippen LogP contribution in [0.3, 0.4) is 0 Å². The van der Waals surface area contributed by atoms with Gasteiger partial charge in [0.15, 0.2) is 0 Å². The van der Waals surface area contributed by atoms with E-state index in [2.05, 4.69) is 0 Å². The van der Waals surface area contributed by atoms with Gasteiger partial charge in [0, 0.05) is 40.4 Å². The Bertz CT molecular complexity index is 1720. The average molecular weight is 463 g/mol. The fourth-order valence-electron chi connectivity index (χ4n) is 4.97. The Morgan fingerprint density at radius 3 is 2.12 bits per heavy atom. The van der Waals surface area contributed by atoms with E-state index in [0.717, 1.165) is 14.7 Å². The maximum atomic E-state index is 13.4. The highest BCUT2D eigenvalue weighted by molar-refractivity contribution is 5.96. The van der Waals surface area contributed by atoms with Crippen molar-refractivity contribution in [3.8, 4) is 11.3 Å². The predicted molar refractivity (Wildman–Crippen MR) is 127 cm³/mol. The molecule has 34 heavy (non-hydrogen) atoms. The molecule has 0 N–H and O–H groups in total. The largest absolute Gasteiger partial charge is 0.365 e. The third-order valence-corrected chi connectivity index (χ3v) is 6.86. The molecule has 0 fully saturated rings. The molecular formula is C24H25N5O5. The van der Waals surface area contributed by atoms with Crippen molar-refractivity contribution in [1.82, 2.24) is 22.8 Å². The van der Waals surface area contributed by atoms with Crippen LogP contribution in [-0.2, 0) is 39.5 Å². The monoisotopic (exact) mass is 463 g/mol. The van der Waals surface area contributed by atoms with Gasteiger partial charge < -0.3 is 13.9 Å². The van der Waals surface area contributed by atoms with Crippen LogP contribution in [0.25, 0.3) is 22.2 Å². The lowest BCUT2D eigenvalue weighted by Gasteiger charge is -2.28. The summed E-state index contributed by atoms with van der Waals surface area (Å²) in [5.41, 5.74) is 1.45. The SMILES string of the molecule is Cc1c([C@H]2OCCn3c(-c4ccccc4)c4c(=O)n(C)c(=O)n(C)c4c32)c(=O)n(C)c(=O)n1C. The van der Waals surface area contributed by atoms with Gasteiger partial charge in [-0.2, -0.15) is 0 Å². The fraction of sp³-hybridized carbons (Fsp3) is 0.333. The van der Waals surface area contributed by atoms with Gasteiger partial charge in [0.05, 0.1) is 34.5 Å². The molecule has 4 aromatic rings. The fourth-order valence-corrected chi connectivity index (χ4v) is 4.97. The summed E-state index contributed by atoms with van der Waals surface area (Å²) in [5.74, 6) is 0. The summed E-state index contributed by atoms with van der Waals surface area (Å²) in [6.45, 7) is 2.42. The molecule has 1 aromatic carbocycles. The van der Waals surface area contributed by atoms with Gasteiger partial charge in [-0.1, -0.05) is 30.3 Å². The van der Waals surface area contributed by atoms with Crippen LogP contribution in [0.5, 0.6) is 0 Å². The van der Waals surface area contributed by atoms with E-state index >= 15 is 0 Å². The number of nitrogens with zero attached hydrogens (tertiary/aromatic N) is 5. The molecule has 0 saturated heterocycles. The number of hydrogen-bond donors (Lipinski definition) is 0. The molecule has 3 aromatic heterocycles. The first kappa shape index (κ1) is 21.9. The van der Waals surface area contributed by atoms with E-state index < -0.39 is 28.6 Å². The Balaban J connectivity index is 2.00. The zero-order valence-electron chi connectivity index (χ0n) is 19.7. The van der Waals surface area contributed by atoms with Gasteiger partial charge in [-0.05, 0) is 12.5 Å². The molecular weight excluding hydrogens is 438 g/mol. The Kier molecular flexibility index (Phi) is 4.87. The smallest absolute Gasteiger partial charge is 0.331 e. The van der Waals surface area contributed by atoms with Crippen LogP contribution in [0.4, 0.5) is 0 Å². The van der Waals surface area contributed by atoms with Crippen molar-refractivity contribution in [1.29, 1.82) is 0 Å². The molecule has 1 aliphatic rings. The third-order valence-electron chi connectivity index (χ3n) is 6.86. The standard InChI is InChI=1S/C24H25N5O5/c1-13-15(21(30)27(4)23(32)25(13)2)20-19-18-16(22(31)28(5)24(33)26(18)3)17(29(19)11-12-34-20)14-9-7-6-8-10-14/h6-10,20H,11-12H2,1-5H3/t20-/m1/s1. The van der Waals surface area contributed by atoms with Crippen LogP contribution in [0, 0.1) is 6.92 Å². The third kappa shape index (κ3) is 2.78. The van der Waals surface area contributed by atoms with Gasteiger partial charge >= 0.3 is 11.4 Å². The van der Waals surface area contributed by atoms with Gasteiger partial charge in [-0.3, -0.25) is 23.3 Å². The molecule has 176 valence electrons. The van der Waals surface area contributed by atoms with Crippen molar-refractivity contribution in [2.45, 2.75) is 19.6 Å². The van der Waals surface area contributed by atoms with E-state index in [-0.39, 0.29) is 6.61 Å². The number of aromatic nitrogens is 5. The van der Waals surface area contributed by atoms with Gasteiger partial charge in [-0.25, -0.2) is 9.59 Å². The summed E-state index contributed by atoms with van der Waals surface area (Å²) in [5, 5.41) is 0.389. The van der Waals surface area contributed by atoms with E-state index in [1.54, 1.807) is 21.0 Å². The van der Waals surface area contributed by atoms with Crippen molar-refractivity contribution >= 4 is 10.9 Å². The second-order valence-electron chi connectivity index (χ2n) is 8.64. The van der Waals surface area contributed by atoms with Crippen LogP contribution < -0.4 is 22.5 Å². The number of hydrogen-bond acceptors (Lipinski definition) is 5. The summed E-state index contributed by atoms with van der Waals surface area (Å²) in [4.78, 5) is 52.1. The van der Waals surface area contributed by atoms with Crippen LogP contribution in [-0.4, -0.2) is 29.4 Å². The molecule has 0 aliphatic carbocycles. The van der Waals surface area contributed by atoms with Crippen LogP contribution in [0.1, 0.15) is 23.1 Å². The maximum Gasteiger partial charge on any atom is 0.331 e. The van der Waals surface area contributed by atoms with Crippen molar-refractivity contribution in [3.05, 3.63) is 89.0 Å². The van der Waals surface area contributed by atoms with E-state index in [4.69, 9.17) is 4.74 Å². The number of fused-ring (bicyclic) bond motifs is 3. The van der Waals surface area contributed by atoms with Crippen LogP contribution in [0.2, 0.25) is 0 Å². The van der Waals surface area contributed by atoms with Gasteiger partial charge in [-0.15, -0.1) is 0 Å². The minimum Gasteiger partial charge on any atom is -0.365 e. The first-order valence-corrected chi connectivity index (χ1v) is 10.9. The molecule has 0 saturated carbocycles. The Morgan fingerprint density at radius 2 is 1.44 bits per heavy atom. The Morgan fingerprint density at radius 1 is 0.824 bits per heavy atom. The number of ether oxygens (including phenoxy) is 1. The summed E-state index contributed by atoms with van der Waals surface area (Å²) < 4.78 is 13.1. The molecule has 10 heteroatoms. The average Bonchev–Trinajstić information content (AvgIpc) is 3.20. The first-order chi connectivity index (χ1) is 16.2. The van der Waals surface area contributed by atoms with E-state index in [9.17, 15) is 19.2 Å². The Hall–Kier alpha value is -3.92. The molecule has 5 rings (SSSR count). The molecule has 0 bridgehead atoms. The van der Waals surface area contributed by atoms with Gasteiger partial charge in [0.25, 0.3) is 11.1 Å². The minimum atomic E-state index is -0.864. The molecule has 0 unspecified atom stereocenters. The van der Waals surface area contributed by atoms with E-state index in [1.165, 1.54) is 23.2 Å². The van der Waals surface area contributed by atoms with Crippen molar-refractivity contribution < 1.29 is 4.74 Å². The Labute approximate surface area is 193 Å². The van der Waals surface area contributed by atoms with E-state index in [0.29, 0.717) is 40.1 Å².